The van der Waals surface area contributed by atoms with Crippen LogP contribution in [0.25, 0.3) is 0 Å². The topological polar surface area (TPSA) is 0 Å². The molecular formula is C5H9S2. The zero-order valence-electron chi connectivity index (χ0n) is 4.39. The average Bonchev–Trinajstić information content (AvgIpc) is 1.69. The van der Waals surface area contributed by atoms with Gasteiger partial charge in [0.05, 0.1) is 0 Å². The van der Waals surface area contributed by atoms with Gasteiger partial charge in [0.1, 0.15) is 0 Å². The SMILES string of the molecule is CCC=CCS[S]. The fourth-order valence-electron chi connectivity index (χ4n) is 0.274. The molecule has 0 aromatic carbocycles. The molecule has 0 saturated carbocycles. The minimum absolute atomic E-state index is 0.975. The van der Waals surface area contributed by atoms with Crippen LogP contribution in [0, 0.1) is 0 Å². The van der Waals surface area contributed by atoms with E-state index in [2.05, 4.69) is 30.7 Å². The first-order valence-corrected chi connectivity index (χ1v) is 4.22. The quantitative estimate of drug-likeness (QED) is 0.421. The van der Waals surface area contributed by atoms with Crippen molar-refractivity contribution in [3.8, 4) is 0 Å². The Bertz CT molecular complexity index is 50.0. The normalized spacial score (nSPS) is 10.6. The monoisotopic (exact) mass is 133 g/mol. The molecule has 7 heavy (non-hydrogen) atoms. The second kappa shape index (κ2) is 6.44. The van der Waals surface area contributed by atoms with Crippen molar-refractivity contribution in [2.75, 3.05) is 5.75 Å². The van der Waals surface area contributed by atoms with E-state index in [9.17, 15) is 0 Å². The molecule has 0 N–H and O–H groups in total. The summed E-state index contributed by atoms with van der Waals surface area (Å²) in [4.78, 5) is 0. The number of rotatable bonds is 3. The van der Waals surface area contributed by atoms with E-state index in [1.165, 1.54) is 10.8 Å². The molecular weight excluding hydrogens is 124 g/mol. The summed E-state index contributed by atoms with van der Waals surface area (Å²) in [6.07, 6.45) is 5.34. The van der Waals surface area contributed by atoms with Gasteiger partial charge in [-0.2, -0.15) is 0 Å². The molecule has 0 aromatic heterocycles. The van der Waals surface area contributed by atoms with E-state index in [0.717, 1.165) is 12.2 Å². The second-order valence-electron chi connectivity index (χ2n) is 1.16. The van der Waals surface area contributed by atoms with E-state index in [1.807, 2.05) is 0 Å². The van der Waals surface area contributed by atoms with Crippen LogP contribution in [0.2, 0.25) is 0 Å². The van der Waals surface area contributed by atoms with E-state index in [-0.39, 0.29) is 0 Å². The van der Waals surface area contributed by atoms with Gasteiger partial charge in [0.15, 0.2) is 0 Å². The lowest BCUT2D eigenvalue weighted by molar-refractivity contribution is 1.22. The Morgan fingerprint density at radius 2 is 2.29 bits per heavy atom. The zero-order valence-corrected chi connectivity index (χ0v) is 6.02. The first-order valence-electron chi connectivity index (χ1n) is 2.31. The molecule has 0 spiro atoms. The fourth-order valence-corrected chi connectivity index (χ4v) is 0.724. The summed E-state index contributed by atoms with van der Waals surface area (Å²) in [6, 6.07) is 0. The molecule has 0 bridgehead atoms. The molecule has 0 aliphatic carbocycles. The highest BCUT2D eigenvalue weighted by Crippen LogP contribution is 2.03. The minimum Gasteiger partial charge on any atom is -0.0880 e. The highest BCUT2D eigenvalue weighted by Gasteiger charge is 1.69. The van der Waals surface area contributed by atoms with E-state index < -0.39 is 0 Å². The molecule has 1 radical (unpaired) electrons. The largest absolute Gasteiger partial charge is 0.0880 e. The Balaban J connectivity index is 2.78. The molecule has 0 rings (SSSR count). The van der Waals surface area contributed by atoms with Gasteiger partial charge in [0, 0.05) is 5.75 Å². The van der Waals surface area contributed by atoms with Gasteiger partial charge in [-0.3, -0.25) is 0 Å². The predicted octanol–water partition coefficient (Wildman–Crippen LogP) is 2.80. The maximum absolute atomic E-state index is 4.63. The summed E-state index contributed by atoms with van der Waals surface area (Å²) in [7, 11) is 1.44. The van der Waals surface area contributed by atoms with Gasteiger partial charge in [-0.05, 0) is 18.1 Å². The second-order valence-corrected chi connectivity index (χ2v) is 2.44. The van der Waals surface area contributed by atoms with Gasteiger partial charge in [0.2, 0.25) is 0 Å². The van der Waals surface area contributed by atoms with Crippen LogP contribution in [-0.2, 0) is 0 Å². The van der Waals surface area contributed by atoms with Crippen molar-refractivity contribution < 1.29 is 0 Å². The van der Waals surface area contributed by atoms with Gasteiger partial charge in [0.25, 0.3) is 0 Å². The third-order valence-electron chi connectivity index (χ3n) is 0.567. The van der Waals surface area contributed by atoms with Crippen LogP contribution in [0.15, 0.2) is 12.2 Å². The van der Waals surface area contributed by atoms with E-state index >= 15 is 0 Å². The summed E-state index contributed by atoms with van der Waals surface area (Å²) in [5, 5.41) is 0. The first kappa shape index (κ1) is 7.44. The molecule has 41 valence electrons. The Kier molecular flexibility index (Phi) is 6.84. The fraction of sp³-hybridized carbons (Fsp3) is 0.600. The van der Waals surface area contributed by atoms with Crippen LogP contribution < -0.4 is 0 Å². The van der Waals surface area contributed by atoms with E-state index in [4.69, 9.17) is 0 Å². The summed E-state index contributed by atoms with van der Waals surface area (Å²) < 4.78 is 0. The van der Waals surface area contributed by atoms with Crippen LogP contribution in [0.3, 0.4) is 0 Å². The van der Waals surface area contributed by atoms with E-state index in [1.54, 1.807) is 0 Å². The smallest absolute Gasteiger partial charge is 0.0226 e. The van der Waals surface area contributed by atoms with Gasteiger partial charge in [-0.15, -0.1) is 0 Å². The molecule has 0 amide bonds. The van der Waals surface area contributed by atoms with Crippen molar-refractivity contribution in [2.24, 2.45) is 0 Å². The molecule has 0 aliphatic rings. The summed E-state index contributed by atoms with van der Waals surface area (Å²) >= 11 is 4.63. The number of hydrogen-bond acceptors (Lipinski definition) is 1. The molecule has 0 heterocycles. The van der Waals surface area contributed by atoms with Crippen LogP contribution in [0.4, 0.5) is 0 Å². The van der Waals surface area contributed by atoms with E-state index in [0.29, 0.717) is 0 Å². The number of allylic oxidation sites excluding steroid dienone is 1. The lowest BCUT2D eigenvalue weighted by Gasteiger charge is -1.78. The van der Waals surface area contributed by atoms with Gasteiger partial charge in [-0.1, -0.05) is 29.9 Å². The van der Waals surface area contributed by atoms with Crippen molar-refractivity contribution in [3.05, 3.63) is 12.2 Å². The Hall–Kier alpha value is 0.440. The van der Waals surface area contributed by atoms with Gasteiger partial charge >= 0.3 is 0 Å². The summed E-state index contributed by atoms with van der Waals surface area (Å²) in [6.45, 7) is 2.12. The highest BCUT2D eigenvalue weighted by molar-refractivity contribution is 8.68. The maximum Gasteiger partial charge on any atom is 0.0226 e. The van der Waals surface area contributed by atoms with Crippen molar-refractivity contribution in [1.29, 1.82) is 0 Å². The lowest BCUT2D eigenvalue weighted by Crippen LogP contribution is -1.60. The molecule has 0 aliphatic heterocycles. The standard InChI is InChI=1S/C5H9S2/c1-2-3-4-5-7-6/h3-4H,2,5H2,1H3. The third kappa shape index (κ3) is 6.44. The molecule has 0 unspecified atom stereocenters. The van der Waals surface area contributed by atoms with Crippen LogP contribution in [0.5, 0.6) is 0 Å². The first-order chi connectivity index (χ1) is 3.41. The zero-order chi connectivity index (χ0) is 5.54. The van der Waals surface area contributed by atoms with Crippen molar-refractivity contribution in [3.63, 3.8) is 0 Å². The lowest BCUT2D eigenvalue weighted by atomic mass is 10.4. The molecule has 0 fully saturated rings. The van der Waals surface area contributed by atoms with Gasteiger partial charge < -0.3 is 0 Å². The maximum atomic E-state index is 4.63. The van der Waals surface area contributed by atoms with Crippen LogP contribution in [0.1, 0.15) is 13.3 Å². The van der Waals surface area contributed by atoms with Crippen molar-refractivity contribution in [2.45, 2.75) is 13.3 Å². The minimum atomic E-state index is 0.975. The molecule has 2 heteroatoms. The average molecular weight is 133 g/mol. The van der Waals surface area contributed by atoms with Gasteiger partial charge in [-0.25, -0.2) is 0 Å². The van der Waals surface area contributed by atoms with Crippen LogP contribution in [-0.4, -0.2) is 5.75 Å². The van der Waals surface area contributed by atoms with Crippen molar-refractivity contribution >= 4 is 22.5 Å². The Labute approximate surface area is 54.2 Å². The molecule has 0 atom stereocenters. The Morgan fingerprint density at radius 1 is 1.57 bits per heavy atom. The summed E-state index contributed by atoms with van der Waals surface area (Å²) in [5.41, 5.74) is 0. The Morgan fingerprint density at radius 3 is 2.71 bits per heavy atom. The van der Waals surface area contributed by atoms with Crippen molar-refractivity contribution in [1.82, 2.24) is 0 Å². The molecule has 0 nitrogen and oxygen atoms in total. The molecule has 0 saturated heterocycles. The third-order valence-corrected chi connectivity index (χ3v) is 1.30. The predicted molar refractivity (Wildman–Crippen MR) is 39.5 cm³/mol. The molecule has 0 aromatic rings. The highest BCUT2D eigenvalue weighted by atomic mass is 33.1. The summed E-state index contributed by atoms with van der Waals surface area (Å²) in [5.74, 6) is 0.975. The van der Waals surface area contributed by atoms with Crippen LogP contribution >= 0.6 is 22.5 Å². The number of hydrogen-bond donors (Lipinski definition) is 0.